The summed E-state index contributed by atoms with van der Waals surface area (Å²) in [5, 5.41) is 0. The van der Waals surface area contributed by atoms with Crippen LogP contribution in [0.1, 0.15) is 12.5 Å². The van der Waals surface area contributed by atoms with Crippen LogP contribution in [-0.4, -0.2) is 49.6 Å². The number of fused-ring (bicyclic) bond motifs is 1. The number of para-hydroxylation sites is 1. The summed E-state index contributed by atoms with van der Waals surface area (Å²) < 4.78 is 13.1. The van der Waals surface area contributed by atoms with E-state index in [0.717, 1.165) is 25.2 Å². The molecule has 1 unspecified atom stereocenters. The minimum atomic E-state index is -0.220. The largest absolute Gasteiger partial charge is 0.368 e. The van der Waals surface area contributed by atoms with Gasteiger partial charge in [-0.25, -0.2) is 4.39 Å². The molecule has 1 saturated heterocycles. The molecule has 0 radical (unpaired) electrons. The molecule has 2 aromatic rings. The second-order valence-corrected chi connectivity index (χ2v) is 7.15. The third kappa shape index (κ3) is 3.26. The van der Waals surface area contributed by atoms with Crippen LogP contribution < -0.4 is 9.80 Å². The average molecular weight is 353 g/mol. The summed E-state index contributed by atoms with van der Waals surface area (Å²) >= 11 is 0. The number of piperazine rings is 1. The van der Waals surface area contributed by atoms with E-state index in [4.69, 9.17) is 0 Å². The number of benzene rings is 2. The van der Waals surface area contributed by atoms with Gasteiger partial charge in [0.1, 0.15) is 5.82 Å². The van der Waals surface area contributed by atoms with Crippen LogP contribution in [0.15, 0.2) is 48.5 Å². The second-order valence-electron chi connectivity index (χ2n) is 7.15. The van der Waals surface area contributed by atoms with Crippen LogP contribution in [-0.2, 0) is 11.2 Å². The number of carbonyl (C=O) groups is 1. The van der Waals surface area contributed by atoms with Gasteiger partial charge in [-0.05, 0) is 49.2 Å². The molecule has 4 rings (SSSR count). The molecule has 1 atom stereocenters. The van der Waals surface area contributed by atoms with Gasteiger partial charge in [0, 0.05) is 43.6 Å². The Morgan fingerprint density at radius 1 is 1.04 bits per heavy atom. The fourth-order valence-electron chi connectivity index (χ4n) is 3.98. The molecule has 2 aromatic carbocycles. The summed E-state index contributed by atoms with van der Waals surface area (Å²) in [5.74, 6) is -0.0325. The first kappa shape index (κ1) is 16.9. The molecule has 2 aliphatic heterocycles. The van der Waals surface area contributed by atoms with Gasteiger partial charge in [0.2, 0.25) is 5.91 Å². The Morgan fingerprint density at radius 3 is 2.46 bits per heavy atom. The van der Waals surface area contributed by atoms with Gasteiger partial charge in [-0.1, -0.05) is 18.2 Å². The van der Waals surface area contributed by atoms with E-state index in [0.29, 0.717) is 25.7 Å². The topological polar surface area (TPSA) is 26.8 Å². The van der Waals surface area contributed by atoms with Gasteiger partial charge in [-0.3, -0.25) is 4.79 Å². The number of carbonyl (C=O) groups excluding carboxylic acids is 1. The van der Waals surface area contributed by atoms with Crippen LogP contribution in [0, 0.1) is 5.82 Å². The van der Waals surface area contributed by atoms with Crippen LogP contribution in [0.2, 0.25) is 0 Å². The summed E-state index contributed by atoms with van der Waals surface area (Å²) in [4.78, 5) is 19.2. The molecule has 2 aliphatic rings. The van der Waals surface area contributed by atoms with Gasteiger partial charge in [0.15, 0.2) is 0 Å². The van der Waals surface area contributed by atoms with Gasteiger partial charge in [0.05, 0.1) is 6.54 Å². The standard InChI is InChI=1S/C21H24FN3O/c1-16-14-17-4-2-3-5-20(17)25(16)15-21(26)24-12-10-23(11-13-24)19-8-6-18(22)7-9-19/h2-9,16H,10-15H2,1H3. The number of hydrogen-bond acceptors (Lipinski definition) is 3. The summed E-state index contributed by atoms with van der Waals surface area (Å²) in [7, 11) is 0. The van der Waals surface area contributed by atoms with Gasteiger partial charge >= 0.3 is 0 Å². The molecule has 0 N–H and O–H groups in total. The zero-order valence-corrected chi connectivity index (χ0v) is 15.1. The Morgan fingerprint density at radius 2 is 1.73 bits per heavy atom. The lowest BCUT2D eigenvalue weighted by atomic mass is 10.1. The van der Waals surface area contributed by atoms with E-state index < -0.39 is 0 Å². The monoisotopic (exact) mass is 353 g/mol. The number of halogens is 1. The Balaban J connectivity index is 1.36. The zero-order chi connectivity index (χ0) is 18.1. The normalized spacial score (nSPS) is 19.6. The SMILES string of the molecule is CC1Cc2ccccc2N1CC(=O)N1CCN(c2ccc(F)cc2)CC1. The second kappa shape index (κ2) is 6.98. The van der Waals surface area contributed by atoms with Crippen molar-refractivity contribution >= 4 is 17.3 Å². The van der Waals surface area contributed by atoms with Crippen molar-refractivity contribution < 1.29 is 9.18 Å². The Kier molecular flexibility index (Phi) is 4.53. The number of rotatable bonds is 3. The number of nitrogens with zero attached hydrogens (tertiary/aromatic N) is 3. The molecule has 1 fully saturated rings. The lowest BCUT2D eigenvalue weighted by Crippen LogP contribution is -2.51. The highest BCUT2D eigenvalue weighted by Crippen LogP contribution is 2.31. The average Bonchev–Trinajstić information content (AvgIpc) is 2.98. The number of hydrogen-bond donors (Lipinski definition) is 0. The molecule has 136 valence electrons. The molecule has 0 bridgehead atoms. The fraction of sp³-hybridized carbons (Fsp3) is 0.381. The molecular formula is C21H24FN3O. The van der Waals surface area contributed by atoms with Crippen LogP contribution in [0.25, 0.3) is 0 Å². The van der Waals surface area contributed by atoms with E-state index in [9.17, 15) is 9.18 Å². The van der Waals surface area contributed by atoms with Gasteiger partial charge < -0.3 is 14.7 Å². The molecule has 1 amide bonds. The lowest BCUT2D eigenvalue weighted by Gasteiger charge is -2.37. The molecule has 0 saturated carbocycles. The predicted octanol–water partition coefficient (Wildman–Crippen LogP) is 2.93. The van der Waals surface area contributed by atoms with Gasteiger partial charge in [-0.15, -0.1) is 0 Å². The molecule has 4 nitrogen and oxygen atoms in total. The highest BCUT2D eigenvalue weighted by Gasteiger charge is 2.29. The highest BCUT2D eigenvalue weighted by atomic mass is 19.1. The molecule has 2 heterocycles. The van der Waals surface area contributed by atoms with Crippen molar-refractivity contribution in [1.82, 2.24) is 4.90 Å². The maximum atomic E-state index is 13.1. The van der Waals surface area contributed by atoms with Crippen molar-refractivity contribution in [2.24, 2.45) is 0 Å². The van der Waals surface area contributed by atoms with Crippen molar-refractivity contribution in [3.8, 4) is 0 Å². The molecule has 5 heteroatoms. The lowest BCUT2D eigenvalue weighted by molar-refractivity contribution is -0.130. The smallest absolute Gasteiger partial charge is 0.242 e. The Bertz CT molecular complexity index is 784. The maximum Gasteiger partial charge on any atom is 0.242 e. The van der Waals surface area contributed by atoms with E-state index in [1.165, 1.54) is 23.4 Å². The van der Waals surface area contributed by atoms with E-state index in [1.54, 1.807) is 12.1 Å². The number of anilines is 2. The van der Waals surface area contributed by atoms with Crippen molar-refractivity contribution in [2.75, 3.05) is 42.5 Å². The molecule has 0 aromatic heterocycles. The van der Waals surface area contributed by atoms with Crippen molar-refractivity contribution in [3.05, 3.63) is 59.9 Å². The van der Waals surface area contributed by atoms with Crippen LogP contribution in [0.3, 0.4) is 0 Å². The van der Waals surface area contributed by atoms with Crippen molar-refractivity contribution in [2.45, 2.75) is 19.4 Å². The summed E-state index contributed by atoms with van der Waals surface area (Å²) in [6.07, 6.45) is 1.00. The van der Waals surface area contributed by atoms with Gasteiger partial charge in [-0.2, -0.15) is 0 Å². The first-order valence-corrected chi connectivity index (χ1v) is 9.24. The Hall–Kier alpha value is -2.56. The highest BCUT2D eigenvalue weighted by molar-refractivity contribution is 5.83. The van der Waals surface area contributed by atoms with Crippen LogP contribution >= 0.6 is 0 Å². The third-order valence-corrected chi connectivity index (χ3v) is 5.48. The van der Waals surface area contributed by atoms with Gasteiger partial charge in [0.25, 0.3) is 0 Å². The fourth-order valence-corrected chi connectivity index (χ4v) is 3.98. The van der Waals surface area contributed by atoms with E-state index >= 15 is 0 Å². The first-order chi connectivity index (χ1) is 12.6. The molecule has 26 heavy (non-hydrogen) atoms. The third-order valence-electron chi connectivity index (χ3n) is 5.48. The quantitative estimate of drug-likeness (QED) is 0.849. The Labute approximate surface area is 153 Å². The summed E-state index contributed by atoms with van der Waals surface area (Å²) in [5.41, 5.74) is 3.54. The molecule has 0 aliphatic carbocycles. The molecule has 0 spiro atoms. The van der Waals surface area contributed by atoms with Crippen molar-refractivity contribution in [3.63, 3.8) is 0 Å². The maximum absolute atomic E-state index is 13.1. The van der Waals surface area contributed by atoms with E-state index in [2.05, 4.69) is 34.9 Å². The predicted molar refractivity (Wildman–Crippen MR) is 102 cm³/mol. The zero-order valence-electron chi connectivity index (χ0n) is 15.1. The molecular weight excluding hydrogens is 329 g/mol. The minimum absolute atomic E-state index is 0.187. The van der Waals surface area contributed by atoms with Crippen molar-refractivity contribution in [1.29, 1.82) is 0 Å². The van der Waals surface area contributed by atoms with Crippen LogP contribution in [0.4, 0.5) is 15.8 Å². The van der Waals surface area contributed by atoms with Crippen LogP contribution in [0.5, 0.6) is 0 Å². The number of amides is 1. The summed E-state index contributed by atoms with van der Waals surface area (Å²) in [6, 6.07) is 15.3. The first-order valence-electron chi connectivity index (χ1n) is 9.24. The minimum Gasteiger partial charge on any atom is -0.368 e. The summed E-state index contributed by atoms with van der Waals surface area (Å²) in [6.45, 7) is 5.60. The van der Waals surface area contributed by atoms with E-state index in [1.807, 2.05) is 11.0 Å². The van der Waals surface area contributed by atoms with E-state index in [-0.39, 0.29) is 11.7 Å².